The molecule has 146 valence electrons. The third-order valence-electron chi connectivity index (χ3n) is 5.19. The Labute approximate surface area is 175 Å². The van der Waals surface area contributed by atoms with Crippen molar-refractivity contribution in [1.82, 2.24) is 15.2 Å². The molecule has 3 heterocycles. The number of nitrogens with zero attached hydrogens (tertiary/aromatic N) is 4. The van der Waals surface area contributed by atoms with Gasteiger partial charge in [0.25, 0.3) is 0 Å². The number of pyridine rings is 1. The molecule has 0 amide bonds. The topological polar surface area (TPSA) is 43.8 Å². The zero-order valence-electron chi connectivity index (χ0n) is 16.3. The molecule has 2 aliphatic heterocycles. The van der Waals surface area contributed by atoms with E-state index < -0.39 is 0 Å². The van der Waals surface area contributed by atoms with Gasteiger partial charge in [-0.25, -0.2) is 9.98 Å². The lowest BCUT2D eigenvalue weighted by atomic mass is 10.0. The fourth-order valence-electron chi connectivity index (χ4n) is 3.83. The maximum absolute atomic E-state index is 4.91. The number of halogens is 1. The number of anilines is 1. The van der Waals surface area contributed by atoms with E-state index in [1.54, 1.807) is 0 Å². The Morgan fingerprint density at radius 3 is 2.77 bits per heavy atom. The highest BCUT2D eigenvalue weighted by Gasteiger charge is 2.19. The average Bonchev–Trinajstić information content (AvgIpc) is 2.66. The minimum Gasteiger partial charge on any atom is -0.357 e. The summed E-state index contributed by atoms with van der Waals surface area (Å²) in [5, 5.41) is 3.47. The van der Waals surface area contributed by atoms with Gasteiger partial charge in [-0.05, 0) is 62.6 Å². The molecule has 0 aromatic carbocycles. The fourth-order valence-corrected chi connectivity index (χ4v) is 3.83. The summed E-state index contributed by atoms with van der Waals surface area (Å²) >= 11 is 0. The summed E-state index contributed by atoms with van der Waals surface area (Å²) < 4.78 is 0. The van der Waals surface area contributed by atoms with Crippen LogP contribution in [0, 0.1) is 5.92 Å². The lowest BCUT2D eigenvalue weighted by molar-refractivity contribution is 0.266. The van der Waals surface area contributed by atoms with E-state index in [2.05, 4.69) is 46.1 Å². The van der Waals surface area contributed by atoms with Gasteiger partial charge < -0.3 is 15.1 Å². The normalized spacial score (nSPS) is 21.3. The second-order valence-electron chi connectivity index (χ2n) is 7.43. The number of nitrogens with one attached hydrogen (secondary N) is 1. The van der Waals surface area contributed by atoms with E-state index in [0.717, 1.165) is 57.0 Å². The van der Waals surface area contributed by atoms with Gasteiger partial charge in [0.15, 0.2) is 5.96 Å². The van der Waals surface area contributed by atoms with Crippen molar-refractivity contribution in [3.8, 4) is 0 Å². The van der Waals surface area contributed by atoms with Crippen molar-refractivity contribution in [1.29, 1.82) is 0 Å². The summed E-state index contributed by atoms with van der Waals surface area (Å²) in [6.45, 7) is 10.6. The summed E-state index contributed by atoms with van der Waals surface area (Å²) in [6.07, 6.45) is 8.44. The van der Waals surface area contributed by atoms with E-state index in [9.17, 15) is 0 Å². The molecule has 3 rings (SSSR count). The number of rotatable bonds is 4. The molecule has 26 heavy (non-hydrogen) atoms. The second-order valence-corrected chi connectivity index (χ2v) is 7.43. The SMILES string of the molecule is CCNC(=NCc1ccnc(N2CCCCC2)c1)N1CCCC(C)C1.I. The van der Waals surface area contributed by atoms with E-state index >= 15 is 0 Å². The molecule has 1 aromatic rings. The van der Waals surface area contributed by atoms with Crippen molar-refractivity contribution in [2.45, 2.75) is 52.5 Å². The summed E-state index contributed by atoms with van der Waals surface area (Å²) in [5.41, 5.74) is 1.25. The number of aliphatic imine (C=N–C) groups is 1. The van der Waals surface area contributed by atoms with Crippen LogP contribution < -0.4 is 10.2 Å². The summed E-state index contributed by atoms with van der Waals surface area (Å²) in [6, 6.07) is 4.32. The Morgan fingerprint density at radius 2 is 2.04 bits per heavy atom. The van der Waals surface area contributed by atoms with Gasteiger partial charge in [0.2, 0.25) is 0 Å². The molecular weight excluding hydrogens is 437 g/mol. The number of aromatic nitrogens is 1. The molecule has 6 heteroatoms. The number of likely N-dealkylation sites (tertiary alicyclic amines) is 1. The summed E-state index contributed by atoms with van der Waals surface area (Å²) in [5.74, 6) is 2.93. The lowest BCUT2D eigenvalue weighted by Gasteiger charge is -2.33. The number of piperidine rings is 2. The summed E-state index contributed by atoms with van der Waals surface area (Å²) in [4.78, 5) is 14.3. The van der Waals surface area contributed by atoms with Crippen molar-refractivity contribution in [2.24, 2.45) is 10.9 Å². The molecule has 0 spiro atoms. The third-order valence-corrected chi connectivity index (χ3v) is 5.19. The van der Waals surface area contributed by atoms with Gasteiger partial charge in [0.05, 0.1) is 6.54 Å². The average molecular weight is 471 g/mol. The number of hydrogen-bond acceptors (Lipinski definition) is 3. The van der Waals surface area contributed by atoms with Gasteiger partial charge in [-0.15, -0.1) is 24.0 Å². The van der Waals surface area contributed by atoms with Crippen LogP contribution in [0.3, 0.4) is 0 Å². The quantitative estimate of drug-likeness (QED) is 0.411. The molecule has 5 nitrogen and oxygen atoms in total. The molecule has 1 aromatic heterocycles. The second kappa shape index (κ2) is 10.9. The molecule has 1 atom stereocenters. The Morgan fingerprint density at radius 1 is 1.23 bits per heavy atom. The maximum Gasteiger partial charge on any atom is 0.194 e. The van der Waals surface area contributed by atoms with Crippen molar-refractivity contribution in [2.75, 3.05) is 37.6 Å². The van der Waals surface area contributed by atoms with Crippen LogP contribution in [0.15, 0.2) is 23.3 Å². The minimum absolute atomic E-state index is 0. The molecule has 2 saturated heterocycles. The van der Waals surface area contributed by atoms with Crippen molar-refractivity contribution >= 4 is 35.8 Å². The molecule has 1 unspecified atom stereocenters. The molecule has 2 aliphatic rings. The zero-order chi connectivity index (χ0) is 17.5. The van der Waals surface area contributed by atoms with Crippen molar-refractivity contribution in [3.05, 3.63) is 23.9 Å². The van der Waals surface area contributed by atoms with Gasteiger partial charge in [-0.1, -0.05) is 6.92 Å². The van der Waals surface area contributed by atoms with Gasteiger partial charge in [0, 0.05) is 38.9 Å². The lowest BCUT2D eigenvalue weighted by Crippen LogP contribution is -2.46. The van der Waals surface area contributed by atoms with Crippen LogP contribution in [-0.4, -0.2) is 48.6 Å². The molecule has 1 N–H and O–H groups in total. The highest BCUT2D eigenvalue weighted by Crippen LogP contribution is 2.19. The van der Waals surface area contributed by atoms with Crippen molar-refractivity contribution in [3.63, 3.8) is 0 Å². The Bertz CT molecular complexity index is 571. The largest absolute Gasteiger partial charge is 0.357 e. The van der Waals surface area contributed by atoms with Crippen LogP contribution in [0.2, 0.25) is 0 Å². The molecule has 0 aliphatic carbocycles. The highest BCUT2D eigenvalue weighted by molar-refractivity contribution is 14.0. The van der Waals surface area contributed by atoms with Gasteiger partial charge >= 0.3 is 0 Å². The Kier molecular flexibility index (Phi) is 8.95. The smallest absolute Gasteiger partial charge is 0.194 e. The maximum atomic E-state index is 4.91. The molecular formula is C20H34IN5. The van der Waals surface area contributed by atoms with Gasteiger partial charge in [0.1, 0.15) is 5.82 Å². The molecule has 0 saturated carbocycles. The molecule has 2 fully saturated rings. The van der Waals surface area contributed by atoms with Crippen LogP contribution in [0.25, 0.3) is 0 Å². The zero-order valence-corrected chi connectivity index (χ0v) is 18.6. The highest BCUT2D eigenvalue weighted by atomic mass is 127. The standard InChI is InChI=1S/C20H33N5.HI/c1-3-21-20(25-13-7-8-17(2)16-25)23-15-18-9-10-22-19(14-18)24-11-5-4-6-12-24;/h9-10,14,17H,3-8,11-13,15-16H2,1-2H3,(H,21,23);1H. The summed E-state index contributed by atoms with van der Waals surface area (Å²) in [7, 11) is 0. The first-order valence-electron chi connectivity index (χ1n) is 9.99. The first kappa shape index (κ1) is 21.3. The first-order chi connectivity index (χ1) is 12.3. The van der Waals surface area contributed by atoms with E-state index in [1.165, 1.54) is 37.7 Å². The van der Waals surface area contributed by atoms with E-state index in [-0.39, 0.29) is 24.0 Å². The van der Waals surface area contributed by atoms with Crippen LogP contribution in [-0.2, 0) is 6.54 Å². The van der Waals surface area contributed by atoms with Crippen LogP contribution >= 0.6 is 24.0 Å². The number of hydrogen-bond donors (Lipinski definition) is 1. The van der Waals surface area contributed by atoms with Gasteiger partial charge in [-0.2, -0.15) is 0 Å². The first-order valence-corrected chi connectivity index (χ1v) is 9.99. The predicted octanol–water partition coefficient (Wildman–Crippen LogP) is 3.89. The van der Waals surface area contributed by atoms with E-state index in [0.29, 0.717) is 0 Å². The Balaban J connectivity index is 0.00000243. The van der Waals surface area contributed by atoms with Gasteiger partial charge in [-0.3, -0.25) is 0 Å². The van der Waals surface area contributed by atoms with E-state index in [1.807, 2.05) is 6.20 Å². The Hall–Kier alpha value is -1.05. The predicted molar refractivity (Wildman–Crippen MR) is 121 cm³/mol. The third kappa shape index (κ3) is 5.99. The van der Waals surface area contributed by atoms with Crippen LogP contribution in [0.5, 0.6) is 0 Å². The van der Waals surface area contributed by atoms with E-state index in [4.69, 9.17) is 4.99 Å². The molecule has 0 bridgehead atoms. The van der Waals surface area contributed by atoms with Crippen LogP contribution in [0.1, 0.15) is 51.5 Å². The number of guanidine groups is 1. The molecule has 0 radical (unpaired) electrons. The minimum atomic E-state index is 0. The fraction of sp³-hybridized carbons (Fsp3) is 0.700. The monoisotopic (exact) mass is 471 g/mol. The van der Waals surface area contributed by atoms with Crippen LogP contribution in [0.4, 0.5) is 5.82 Å². The van der Waals surface area contributed by atoms with Crippen molar-refractivity contribution < 1.29 is 0 Å².